The van der Waals surface area contributed by atoms with E-state index in [9.17, 15) is 25.2 Å². The van der Waals surface area contributed by atoms with Crippen LogP contribution in [0.4, 0.5) is 0 Å². The van der Waals surface area contributed by atoms with E-state index in [4.69, 9.17) is 14.2 Å². The summed E-state index contributed by atoms with van der Waals surface area (Å²) < 4.78 is 18.8. The Hall–Kier alpha value is -1.17. The Morgan fingerprint density at radius 1 is 1.12 bits per heavy atom. The maximum atomic E-state index is 14.5. The number of carbonyl (C=O) groups excluding carboxylic acids is 1. The van der Waals surface area contributed by atoms with Crippen LogP contribution in [0.5, 0.6) is 0 Å². The number of piperidine rings is 1. The molecule has 0 unspecified atom stereocenters. The molecule has 2 saturated carbocycles. The molecule has 7 aliphatic rings. The van der Waals surface area contributed by atoms with Gasteiger partial charge in [0.2, 0.25) is 0 Å². The van der Waals surface area contributed by atoms with Crippen molar-refractivity contribution >= 4 is 5.78 Å². The summed E-state index contributed by atoms with van der Waals surface area (Å²) in [4.78, 5) is 14.5. The van der Waals surface area contributed by atoms with Gasteiger partial charge in [-0.2, -0.15) is 0 Å². The lowest BCUT2D eigenvalue weighted by Crippen LogP contribution is -2.60. The first-order valence-corrected chi connectivity index (χ1v) is 16.3. The highest BCUT2D eigenvalue weighted by Crippen LogP contribution is 2.64. The van der Waals surface area contributed by atoms with Crippen molar-refractivity contribution in [3.8, 4) is 0 Å². The third-order valence-electron chi connectivity index (χ3n) is 12.8. The van der Waals surface area contributed by atoms with Crippen LogP contribution in [0.2, 0.25) is 0 Å². The number of aliphatic hydroxyl groups is 4. The van der Waals surface area contributed by atoms with E-state index in [2.05, 4.69) is 39.1 Å². The van der Waals surface area contributed by atoms with E-state index in [0.717, 1.165) is 44.2 Å². The first-order chi connectivity index (χ1) is 20.0. The minimum absolute atomic E-state index is 0.0482. The van der Waals surface area contributed by atoms with E-state index in [1.54, 1.807) is 0 Å². The summed E-state index contributed by atoms with van der Waals surface area (Å²) in [5, 5.41) is 44.2. The van der Waals surface area contributed by atoms with Gasteiger partial charge in [0, 0.05) is 23.5 Å². The van der Waals surface area contributed by atoms with Crippen LogP contribution in [0.15, 0.2) is 22.8 Å². The van der Waals surface area contributed by atoms with Crippen molar-refractivity contribution in [2.24, 2.45) is 35.0 Å². The van der Waals surface area contributed by atoms with Crippen molar-refractivity contribution in [2.75, 3.05) is 13.2 Å². The average Bonchev–Trinajstić information content (AvgIpc) is 3.42. The molecule has 0 aromatic rings. The minimum atomic E-state index is -1.46. The van der Waals surface area contributed by atoms with Gasteiger partial charge < -0.3 is 40.0 Å². The van der Waals surface area contributed by atoms with Crippen LogP contribution in [0, 0.1) is 35.0 Å². The van der Waals surface area contributed by atoms with Gasteiger partial charge in [0.1, 0.15) is 24.4 Å². The molecule has 15 atom stereocenters. The zero-order chi connectivity index (χ0) is 29.7. The molecule has 0 amide bonds. The summed E-state index contributed by atoms with van der Waals surface area (Å²) in [6, 6.07) is 0.344. The average molecular weight is 588 g/mol. The molecule has 4 aliphatic carbocycles. The van der Waals surface area contributed by atoms with Crippen LogP contribution >= 0.6 is 0 Å². The summed E-state index contributed by atoms with van der Waals surface area (Å²) in [6.07, 6.45) is 1.93. The van der Waals surface area contributed by atoms with E-state index in [0.29, 0.717) is 42.4 Å². The molecule has 0 aromatic carbocycles. The predicted octanol–water partition coefficient (Wildman–Crippen LogP) is 2.01. The van der Waals surface area contributed by atoms with Crippen LogP contribution in [0.1, 0.15) is 72.6 Å². The third kappa shape index (κ3) is 4.14. The van der Waals surface area contributed by atoms with Gasteiger partial charge in [-0.15, -0.1) is 0 Å². The molecule has 42 heavy (non-hydrogen) atoms. The van der Waals surface area contributed by atoms with Crippen molar-refractivity contribution in [3.63, 3.8) is 0 Å². The molecular formula is C33H49NO8. The minimum Gasteiger partial charge on any atom is -0.394 e. The molecular weight excluding hydrogens is 538 g/mol. The number of fused-ring (bicyclic) bond motifs is 6. The second-order valence-electron chi connectivity index (χ2n) is 14.9. The number of ketones is 1. The molecule has 5 fully saturated rings. The molecule has 3 aliphatic heterocycles. The Labute approximate surface area is 248 Å². The van der Waals surface area contributed by atoms with Crippen LogP contribution in [0.25, 0.3) is 0 Å². The van der Waals surface area contributed by atoms with Crippen LogP contribution in [0.3, 0.4) is 0 Å². The summed E-state index contributed by atoms with van der Waals surface area (Å²) in [5.74, 6) is 1.81. The fourth-order valence-corrected chi connectivity index (χ4v) is 10.4. The smallest absolute Gasteiger partial charge is 0.186 e. The first kappa shape index (κ1) is 29.5. The maximum absolute atomic E-state index is 14.5. The fourth-order valence-electron chi connectivity index (χ4n) is 10.4. The number of aliphatic hydroxyl groups excluding tert-OH is 4. The lowest BCUT2D eigenvalue weighted by molar-refractivity contribution is -0.312. The van der Waals surface area contributed by atoms with E-state index < -0.39 is 37.3 Å². The van der Waals surface area contributed by atoms with Crippen LogP contribution < -0.4 is 5.32 Å². The van der Waals surface area contributed by atoms with Gasteiger partial charge in [-0.05, 0) is 87.2 Å². The number of nitrogens with one attached hydrogen (secondary N) is 1. The van der Waals surface area contributed by atoms with Gasteiger partial charge in [-0.1, -0.05) is 32.4 Å². The highest BCUT2D eigenvalue weighted by Gasteiger charge is 2.63. The van der Waals surface area contributed by atoms with Gasteiger partial charge >= 0.3 is 0 Å². The van der Waals surface area contributed by atoms with Gasteiger partial charge in [0.15, 0.2) is 12.1 Å². The zero-order valence-electron chi connectivity index (χ0n) is 25.4. The van der Waals surface area contributed by atoms with Gasteiger partial charge in [-0.3, -0.25) is 4.79 Å². The van der Waals surface area contributed by atoms with E-state index in [1.807, 2.05) is 0 Å². The normalized spacial score (nSPS) is 53.9. The van der Waals surface area contributed by atoms with E-state index in [-0.39, 0.29) is 35.1 Å². The number of hydrogen-bond donors (Lipinski definition) is 5. The van der Waals surface area contributed by atoms with Crippen LogP contribution in [-0.4, -0.2) is 93.9 Å². The lowest BCUT2D eigenvalue weighted by atomic mass is 9.56. The van der Waals surface area contributed by atoms with Gasteiger partial charge in [-0.25, -0.2) is 0 Å². The van der Waals surface area contributed by atoms with Gasteiger partial charge in [0.25, 0.3) is 0 Å². The Morgan fingerprint density at radius 3 is 2.67 bits per heavy atom. The Kier molecular flexibility index (Phi) is 7.34. The van der Waals surface area contributed by atoms with Gasteiger partial charge in [0.05, 0.1) is 24.4 Å². The van der Waals surface area contributed by atoms with Crippen molar-refractivity contribution in [3.05, 3.63) is 22.8 Å². The monoisotopic (exact) mass is 587 g/mol. The molecule has 5 N–H and O–H groups in total. The maximum Gasteiger partial charge on any atom is 0.186 e. The van der Waals surface area contributed by atoms with Crippen molar-refractivity contribution in [1.29, 1.82) is 0 Å². The molecule has 1 spiro atoms. The predicted molar refractivity (Wildman–Crippen MR) is 153 cm³/mol. The number of Topliss-reactive ketones (excluding diaryl/α,β-unsaturated/α-hetero) is 1. The number of rotatable bonds is 3. The first-order valence-electron chi connectivity index (χ1n) is 16.3. The number of allylic oxidation sites excluding steroid dienone is 2. The molecule has 9 heteroatoms. The Bertz CT molecular complexity index is 1170. The molecule has 7 rings (SSSR count). The van der Waals surface area contributed by atoms with E-state index >= 15 is 0 Å². The number of hydrogen-bond acceptors (Lipinski definition) is 9. The summed E-state index contributed by atoms with van der Waals surface area (Å²) in [6.45, 7) is 9.60. The van der Waals surface area contributed by atoms with Crippen LogP contribution in [-0.2, 0) is 19.0 Å². The molecule has 9 nitrogen and oxygen atoms in total. The molecule has 234 valence electrons. The quantitative estimate of drug-likeness (QED) is 0.314. The van der Waals surface area contributed by atoms with E-state index in [1.165, 1.54) is 11.1 Å². The molecule has 0 aromatic heterocycles. The molecule has 0 radical (unpaired) electrons. The molecule has 3 heterocycles. The zero-order valence-corrected chi connectivity index (χ0v) is 25.4. The Balaban J connectivity index is 1.11. The van der Waals surface area contributed by atoms with Crippen molar-refractivity contribution in [1.82, 2.24) is 5.32 Å². The summed E-state index contributed by atoms with van der Waals surface area (Å²) >= 11 is 0. The van der Waals surface area contributed by atoms with Crippen molar-refractivity contribution < 1.29 is 39.4 Å². The standard InChI is InChI=1S/C33H49NO8/c1-15-11-22-26(34-13-15)17(3)33(42-22)10-8-20-21-6-5-18-12-19(40-31-30(39)29(38)27(36)23(14-35)41-31)7-9-32(18,4)25(21)28(37)24(20)16(33)2/h5,15,17,19-23,25-27,29-31,34-36,38-39H,6-14H2,1-4H3/t15-,17-,19-,20-,21-,22+,23+,25+,26-,27+,29-,30+,31+,32-,33-/m0/s1. The topological polar surface area (TPSA) is 138 Å². The highest BCUT2D eigenvalue weighted by atomic mass is 16.7. The second kappa shape index (κ2) is 10.4. The number of ether oxygens (including phenoxy) is 3. The third-order valence-corrected chi connectivity index (χ3v) is 12.8. The largest absolute Gasteiger partial charge is 0.394 e. The Morgan fingerprint density at radius 2 is 1.90 bits per heavy atom. The second-order valence-corrected chi connectivity index (χ2v) is 14.9. The van der Waals surface area contributed by atoms with Crippen molar-refractivity contribution in [2.45, 2.75) is 127 Å². The molecule has 3 saturated heterocycles. The SMILES string of the molecule is CC1=C2C(=O)[C@H]3[C@@H](CC=C4C[C@@H](O[C@@H]5O[C@H](CO)[C@@H](O)[C@H](O)[C@H]5O)CC[C@@]43C)[C@@H]2CC[C@]12O[C@@H]1C[C@H](C)CN[C@H]1[C@@H]2C. The highest BCUT2D eigenvalue weighted by molar-refractivity contribution is 6.02. The lowest BCUT2D eigenvalue weighted by Gasteiger charge is -2.49. The summed E-state index contributed by atoms with van der Waals surface area (Å²) in [5.41, 5.74) is 2.89. The summed E-state index contributed by atoms with van der Waals surface area (Å²) in [7, 11) is 0. The molecule has 0 bridgehead atoms. The fraction of sp³-hybridized carbons (Fsp3) is 0.848. The number of carbonyl (C=O) groups is 1.